The van der Waals surface area contributed by atoms with Gasteiger partial charge in [-0.3, -0.25) is 0 Å². The third-order valence-electron chi connectivity index (χ3n) is 1.99. The van der Waals surface area contributed by atoms with Gasteiger partial charge in [0, 0.05) is 5.88 Å². The lowest BCUT2D eigenvalue weighted by atomic mass is 9.90. The van der Waals surface area contributed by atoms with E-state index in [1.165, 1.54) is 19.3 Å². The fourth-order valence-corrected chi connectivity index (χ4v) is 1.85. The van der Waals surface area contributed by atoms with Crippen LogP contribution in [0.3, 0.4) is 0 Å². The third kappa shape index (κ3) is 2.01. The molecule has 1 fully saturated rings. The fraction of sp³-hybridized carbons (Fsp3) is 1.00. The van der Waals surface area contributed by atoms with E-state index in [9.17, 15) is 0 Å². The number of halogens is 2. The zero-order valence-electron chi connectivity index (χ0n) is 5.50. The van der Waals surface area contributed by atoms with Crippen molar-refractivity contribution in [1.29, 1.82) is 0 Å². The van der Waals surface area contributed by atoms with E-state index in [4.69, 9.17) is 23.2 Å². The van der Waals surface area contributed by atoms with Crippen molar-refractivity contribution < 1.29 is 0 Å². The molecule has 0 nitrogen and oxygen atoms in total. The Morgan fingerprint density at radius 3 is 2.00 bits per heavy atom. The highest BCUT2D eigenvalue weighted by Crippen LogP contribution is 2.34. The smallest absolute Gasteiger partial charge is 0.0581 e. The molecule has 0 atom stereocenters. The number of rotatable bonds is 1. The summed E-state index contributed by atoms with van der Waals surface area (Å²) in [6.07, 6.45) is 6.08. The van der Waals surface area contributed by atoms with E-state index in [0.717, 1.165) is 12.8 Å². The lowest BCUT2D eigenvalue weighted by molar-refractivity contribution is 0.418. The first-order chi connectivity index (χ1) is 4.27. The summed E-state index contributed by atoms with van der Waals surface area (Å²) in [5, 5.41) is 0. The second-order valence-corrected chi connectivity index (χ2v) is 3.91. The Morgan fingerprint density at radius 2 is 1.67 bits per heavy atom. The molecule has 0 radical (unpaired) electrons. The van der Waals surface area contributed by atoms with Crippen LogP contribution in [0.5, 0.6) is 0 Å². The Bertz CT molecular complexity index is 84.9. The second-order valence-electron chi connectivity index (χ2n) is 2.85. The van der Waals surface area contributed by atoms with Gasteiger partial charge in [-0.2, -0.15) is 0 Å². The molecule has 1 saturated carbocycles. The maximum atomic E-state index is 6.13. The average molecular weight is 167 g/mol. The van der Waals surface area contributed by atoms with Crippen molar-refractivity contribution in [2.45, 2.75) is 37.0 Å². The fourth-order valence-electron chi connectivity index (χ4n) is 1.32. The molecule has 0 aromatic carbocycles. The summed E-state index contributed by atoms with van der Waals surface area (Å²) >= 11 is 11.8. The molecule has 0 heterocycles. The maximum absolute atomic E-state index is 6.13. The number of hydrogen-bond donors (Lipinski definition) is 0. The van der Waals surface area contributed by atoms with Gasteiger partial charge in [0.1, 0.15) is 0 Å². The highest BCUT2D eigenvalue weighted by Gasteiger charge is 2.27. The van der Waals surface area contributed by atoms with E-state index in [0.29, 0.717) is 5.88 Å². The van der Waals surface area contributed by atoms with Crippen LogP contribution in [0.2, 0.25) is 0 Å². The SMILES string of the molecule is ClCC1(Cl)CCCCC1. The number of alkyl halides is 2. The molecule has 1 rings (SSSR count). The van der Waals surface area contributed by atoms with Gasteiger partial charge in [0.2, 0.25) is 0 Å². The van der Waals surface area contributed by atoms with Crippen LogP contribution in [-0.2, 0) is 0 Å². The minimum Gasteiger partial charge on any atom is -0.125 e. The second kappa shape index (κ2) is 3.12. The van der Waals surface area contributed by atoms with Gasteiger partial charge in [-0.1, -0.05) is 19.3 Å². The Hall–Kier alpha value is 0.580. The van der Waals surface area contributed by atoms with Crippen molar-refractivity contribution in [3.63, 3.8) is 0 Å². The predicted octanol–water partition coefficient (Wildman–Crippen LogP) is 3.17. The van der Waals surface area contributed by atoms with E-state index in [2.05, 4.69) is 0 Å². The molecular formula is C7H12Cl2. The van der Waals surface area contributed by atoms with E-state index >= 15 is 0 Å². The zero-order chi connectivity index (χ0) is 6.74. The van der Waals surface area contributed by atoms with Crippen LogP contribution in [0.25, 0.3) is 0 Å². The lowest BCUT2D eigenvalue weighted by Crippen LogP contribution is -2.26. The van der Waals surface area contributed by atoms with E-state index in [1.807, 2.05) is 0 Å². The molecule has 1 aliphatic carbocycles. The van der Waals surface area contributed by atoms with Crippen LogP contribution >= 0.6 is 23.2 Å². The van der Waals surface area contributed by atoms with Crippen LogP contribution in [0.4, 0.5) is 0 Å². The van der Waals surface area contributed by atoms with Crippen molar-refractivity contribution >= 4 is 23.2 Å². The Morgan fingerprint density at radius 1 is 1.11 bits per heavy atom. The summed E-state index contributed by atoms with van der Waals surface area (Å²) < 4.78 is 0. The van der Waals surface area contributed by atoms with Crippen molar-refractivity contribution in [2.24, 2.45) is 0 Å². The van der Waals surface area contributed by atoms with Gasteiger partial charge >= 0.3 is 0 Å². The minimum absolute atomic E-state index is 0.0419. The molecule has 0 spiro atoms. The summed E-state index contributed by atoms with van der Waals surface area (Å²) in [4.78, 5) is -0.0419. The van der Waals surface area contributed by atoms with Crippen LogP contribution in [-0.4, -0.2) is 10.8 Å². The molecule has 0 N–H and O–H groups in total. The predicted molar refractivity (Wildman–Crippen MR) is 42.4 cm³/mol. The quantitative estimate of drug-likeness (QED) is 0.526. The molecule has 0 unspecified atom stereocenters. The van der Waals surface area contributed by atoms with E-state index in [1.54, 1.807) is 0 Å². The summed E-state index contributed by atoms with van der Waals surface area (Å²) in [5.41, 5.74) is 0. The molecule has 0 aliphatic heterocycles. The van der Waals surface area contributed by atoms with Crippen molar-refractivity contribution in [2.75, 3.05) is 5.88 Å². The van der Waals surface area contributed by atoms with Gasteiger partial charge in [-0.05, 0) is 12.8 Å². The molecule has 0 aromatic rings. The molecule has 1 aliphatic rings. The highest BCUT2D eigenvalue weighted by molar-refractivity contribution is 6.30. The molecule has 0 bridgehead atoms. The van der Waals surface area contributed by atoms with Crippen LogP contribution in [0.15, 0.2) is 0 Å². The van der Waals surface area contributed by atoms with Crippen LogP contribution in [0.1, 0.15) is 32.1 Å². The summed E-state index contributed by atoms with van der Waals surface area (Å²) in [5.74, 6) is 0.620. The Kier molecular flexibility index (Phi) is 2.66. The molecule has 2 heteroatoms. The molecule has 0 amide bonds. The Labute approximate surface area is 66.5 Å². The first kappa shape index (κ1) is 7.68. The normalized spacial score (nSPS) is 26.0. The van der Waals surface area contributed by atoms with Crippen LogP contribution in [0, 0.1) is 0 Å². The van der Waals surface area contributed by atoms with Gasteiger partial charge in [0.05, 0.1) is 4.87 Å². The highest BCUT2D eigenvalue weighted by atomic mass is 35.5. The molecule has 0 aromatic heterocycles. The lowest BCUT2D eigenvalue weighted by Gasteiger charge is -2.28. The van der Waals surface area contributed by atoms with Crippen molar-refractivity contribution in [3.8, 4) is 0 Å². The van der Waals surface area contributed by atoms with E-state index < -0.39 is 0 Å². The van der Waals surface area contributed by atoms with Crippen LogP contribution < -0.4 is 0 Å². The van der Waals surface area contributed by atoms with Gasteiger partial charge in [0.15, 0.2) is 0 Å². The number of hydrogen-bond acceptors (Lipinski definition) is 0. The minimum atomic E-state index is -0.0419. The maximum Gasteiger partial charge on any atom is 0.0581 e. The molecular weight excluding hydrogens is 155 g/mol. The summed E-state index contributed by atoms with van der Waals surface area (Å²) in [6.45, 7) is 0. The topological polar surface area (TPSA) is 0 Å². The first-order valence-electron chi connectivity index (χ1n) is 3.52. The largest absolute Gasteiger partial charge is 0.125 e. The molecule has 54 valence electrons. The molecule has 9 heavy (non-hydrogen) atoms. The van der Waals surface area contributed by atoms with Crippen molar-refractivity contribution in [1.82, 2.24) is 0 Å². The zero-order valence-corrected chi connectivity index (χ0v) is 7.01. The van der Waals surface area contributed by atoms with Gasteiger partial charge in [-0.15, -0.1) is 23.2 Å². The molecule has 0 saturated heterocycles. The summed E-state index contributed by atoms with van der Waals surface area (Å²) in [6, 6.07) is 0. The third-order valence-corrected chi connectivity index (χ3v) is 3.15. The van der Waals surface area contributed by atoms with E-state index in [-0.39, 0.29) is 4.87 Å². The van der Waals surface area contributed by atoms with Gasteiger partial charge < -0.3 is 0 Å². The monoisotopic (exact) mass is 166 g/mol. The average Bonchev–Trinajstić information content (AvgIpc) is 1.90. The Balaban J connectivity index is 2.37. The first-order valence-corrected chi connectivity index (χ1v) is 4.43. The van der Waals surface area contributed by atoms with Gasteiger partial charge in [0.25, 0.3) is 0 Å². The standard InChI is InChI=1S/C7H12Cl2/c8-6-7(9)4-2-1-3-5-7/h1-6H2. The van der Waals surface area contributed by atoms with Gasteiger partial charge in [-0.25, -0.2) is 0 Å². The van der Waals surface area contributed by atoms with Crippen molar-refractivity contribution in [3.05, 3.63) is 0 Å². The summed E-state index contributed by atoms with van der Waals surface area (Å²) in [7, 11) is 0.